The minimum Gasteiger partial charge on any atom is -0.352 e. The van der Waals surface area contributed by atoms with E-state index < -0.39 is 28.5 Å². The molecule has 36 heavy (non-hydrogen) atoms. The Hall–Kier alpha value is -2.29. The molecule has 0 radical (unpaired) electrons. The molecule has 7 nitrogen and oxygen atoms in total. The number of halogens is 2. The number of nitrogens with one attached hydrogen (secondary N) is 1. The van der Waals surface area contributed by atoms with Crippen LogP contribution in [0.3, 0.4) is 0 Å². The first-order valence-electron chi connectivity index (χ1n) is 12.2. The van der Waals surface area contributed by atoms with Crippen molar-refractivity contribution in [3.05, 3.63) is 64.1 Å². The Morgan fingerprint density at radius 2 is 1.64 bits per heavy atom. The molecule has 0 aliphatic heterocycles. The summed E-state index contributed by atoms with van der Waals surface area (Å²) in [6.07, 6.45) is 6.55. The summed E-state index contributed by atoms with van der Waals surface area (Å²) >= 11 is 12.2. The fourth-order valence-corrected chi connectivity index (χ4v) is 5.89. The van der Waals surface area contributed by atoms with Crippen LogP contribution in [0.2, 0.25) is 10.0 Å². The molecule has 1 saturated carbocycles. The number of carbonyl (C=O) groups excluding carboxylic acids is 2. The Labute approximate surface area is 223 Å². The van der Waals surface area contributed by atoms with Gasteiger partial charge in [0.25, 0.3) is 0 Å². The number of nitrogens with zero attached hydrogens (tertiary/aromatic N) is 2. The Balaban J connectivity index is 1.91. The van der Waals surface area contributed by atoms with Crippen LogP contribution in [0.5, 0.6) is 0 Å². The van der Waals surface area contributed by atoms with Gasteiger partial charge in [-0.05, 0) is 43.0 Å². The third-order valence-corrected chi connectivity index (χ3v) is 7.92. The van der Waals surface area contributed by atoms with E-state index in [1.54, 1.807) is 0 Å². The van der Waals surface area contributed by atoms with E-state index in [0.717, 1.165) is 48.2 Å². The fraction of sp³-hybridized carbons (Fsp3) is 0.462. The smallest absolute Gasteiger partial charge is 0.244 e. The monoisotopic (exact) mass is 553 g/mol. The SMILES string of the molecule is CC[C@H](C(=O)NC1CCCCC1)N(Cc1ccccc1)C(=O)CN(c1cc(Cl)cc(Cl)c1)S(C)(=O)=O. The van der Waals surface area contributed by atoms with Crippen LogP contribution in [0.1, 0.15) is 51.0 Å². The minimum atomic E-state index is -3.86. The number of carbonyl (C=O) groups is 2. The number of anilines is 1. The lowest BCUT2D eigenvalue weighted by Gasteiger charge is -2.34. The van der Waals surface area contributed by atoms with E-state index in [4.69, 9.17) is 23.2 Å². The molecule has 3 rings (SSSR count). The molecule has 1 aliphatic carbocycles. The molecular weight excluding hydrogens is 521 g/mol. The van der Waals surface area contributed by atoms with Crippen LogP contribution in [-0.2, 0) is 26.2 Å². The molecule has 2 amide bonds. The molecule has 0 heterocycles. The van der Waals surface area contributed by atoms with E-state index in [0.29, 0.717) is 6.42 Å². The van der Waals surface area contributed by atoms with Crippen LogP contribution in [0.15, 0.2) is 48.5 Å². The summed E-state index contributed by atoms with van der Waals surface area (Å²) in [7, 11) is -3.86. The van der Waals surface area contributed by atoms with Crippen LogP contribution in [0, 0.1) is 0 Å². The maximum Gasteiger partial charge on any atom is 0.244 e. The highest BCUT2D eigenvalue weighted by molar-refractivity contribution is 7.92. The lowest BCUT2D eigenvalue weighted by atomic mass is 9.95. The van der Waals surface area contributed by atoms with Crippen molar-refractivity contribution in [3.8, 4) is 0 Å². The largest absolute Gasteiger partial charge is 0.352 e. The minimum absolute atomic E-state index is 0.0927. The Morgan fingerprint density at radius 3 is 2.19 bits per heavy atom. The summed E-state index contributed by atoms with van der Waals surface area (Å²) < 4.78 is 26.4. The van der Waals surface area contributed by atoms with E-state index >= 15 is 0 Å². The predicted octanol–water partition coefficient (Wildman–Crippen LogP) is 5.02. The van der Waals surface area contributed by atoms with E-state index in [1.807, 2.05) is 37.3 Å². The third kappa shape index (κ3) is 7.85. The number of amides is 2. The Bertz CT molecular complexity index is 1130. The maximum atomic E-state index is 13.7. The average molecular weight is 555 g/mol. The van der Waals surface area contributed by atoms with Gasteiger partial charge in [0.2, 0.25) is 21.8 Å². The fourth-order valence-electron chi connectivity index (χ4n) is 4.54. The molecule has 1 fully saturated rings. The van der Waals surface area contributed by atoms with Gasteiger partial charge in [-0.3, -0.25) is 13.9 Å². The molecule has 0 spiro atoms. The first-order valence-corrected chi connectivity index (χ1v) is 14.8. The van der Waals surface area contributed by atoms with Crippen molar-refractivity contribution in [1.29, 1.82) is 0 Å². The van der Waals surface area contributed by atoms with E-state index in [-0.39, 0.29) is 34.2 Å². The standard InChI is InChI=1S/C26H33Cl2N3O4S/c1-3-24(26(33)29-22-12-8-5-9-13-22)30(17-19-10-6-4-7-11-19)25(32)18-31(36(2,34)35)23-15-20(27)14-21(28)16-23/h4,6-7,10-11,14-16,22,24H,3,5,8-9,12-13,17-18H2,1-2H3,(H,29,33)/t24-/m1/s1. The van der Waals surface area contributed by atoms with Gasteiger partial charge in [0.15, 0.2) is 0 Å². The first-order chi connectivity index (χ1) is 17.1. The second-order valence-electron chi connectivity index (χ2n) is 9.17. The van der Waals surface area contributed by atoms with Crippen molar-refractivity contribution in [3.63, 3.8) is 0 Å². The normalized spacial score (nSPS) is 15.2. The summed E-state index contributed by atoms with van der Waals surface area (Å²) in [5, 5.41) is 3.62. The average Bonchev–Trinajstić information content (AvgIpc) is 2.82. The van der Waals surface area contributed by atoms with Crippen LogP contribution in [0.25, 0.3) is 0 Å². The zero-order valence-corrected chi connectivity index (χ0v) is 23.0. The second kappa shape index (κ2) is 12.8. The number of sulfonamides is 1. The lowest BCUT2D eigenvalue weighted by Crippen LogP contribution is -2.53. The molecule has 196 valence electrons. The van der Waals surface area contributed by atoms with Crippen LogP contribution in [0.4, 0.5) is 5.69 Å². The van der Waals surface area contributed by atoms with Crippen molar-refractivity contribution >= 4 is 50.7 Å². The van der Waals surface area contributed by atoms with Gasteiger partial charge in [-0.1, -0.05) is 79.7 Å². The molecule has 1 N–H and O–H groups in total. The quantitative estimate of drug-likeness (QED) is 0.447. The third-order valence-electron chi connectivity index (χ3n) is 6.35. The Kier molecular flexibility index (Phi) is 10.0. The summed E-state index contributed by atoms with van der Waals surface area (Å²) in [5.41, 5.74) is 1.02. The van der Waals surface area contributed by atoms with Gasteiger partial charge in [-0.15, -0.1) is 0 Å². The van der Waals surface area contributed by atoms with E-state index in [2.05, 4.69) is 5.32 Å². The summed E-state index contributed by atoms with van der Waals surface area (Å²) in [6, 6.07) is 13.0. The van der Waals surface area contributed by atoms with Gasteiger partial charge in [-0.2, -0.15) is 0 Å². The molecule has 2 aromatic rings. The zero-order chi connectivity index (χ0) is 26.3. The number of hydrogen-bond donors (Lipinski definition) is 1. The van der Waals surface area contributed by atoms with Crippen molar-refractivity contribution in [2.45, 2.75) is 64.1 Å². The highest BCUT2D eigenvalue weighted by Crippen LogP contribution is 2.27. The van der Waals surface area contributed by atoms with Gasteiger partial charge in [0, 0.05) is 22.6 Å². The maximum absolute atomic E-state index is 13.7. The highest BCUT2D eigenvalue weighted by atomic mass is 35.5. The molecule has 0 aromatic heterocycles. The zero-order valence-electron chi connectivity index (χ0n) is 20.6. The summed E-state index contributed by atoms with van der Waals surface area (Å²) in [6.45, 7) is 1.53. The molecular formula is C26H33Cl2N3O4S. The van der Waals surface area contributed by atoms with Crippen LogP contribution < -0.4 is 9.62 Å². The number of rotatable bonds is 10. The summed E-state index contributed by atoms with van der Waals surface area (Å²) in [4.78, 5) is 28.5. The Morgan fingerprint density at radius 1 is 1.03 bits per heavy atom. The van der Waals surface area contributed by atoms with Crippen LogP contribution in [-0.4, -0.2) is 50.0 Å². The molecule has 1 aliphatic rings. The van der Waals surface area contributed by atoms with Gasteiger partial charge in [-0.25, -0.2) is 8.42 Å². The molecule has 10 heteroatoms. The number of benzene rings is 2. The van der Waals surface area contributed by atoms with E-state index in [1.165, 1.54) is 23.1 Å². The van der Waals surface area contributed by atoms with E-state index in [9.17, 15) is 18.0 Å². The molecule has 0 bridgehead atoms. The van der Waals surface area contributed by atoms with Crippen molar-refractivity contribution < 1.29 is 18.0 Å². The first kappa shape index (κ1) is 28.3. The molecule has 2 aromatic carbocycles. The van der Waals surface area contributed by atoms with Crippen molar-refractivity contribution in [1.82, 2.24) is 10.2 Å². The van der Waals surface area contributed by atoms with Gasteiger partial charge < -0.3 is 10.2 Å². The number of hydrogen-bond acceptors (Lipinski definition) is 4. The second-order valence-corrected chi connectivity index (χ2v) is 12.0. The van der Waals surface area contributed by atoms with Crippen LogP contribution >= 0.6 is 23.2 Å². The molecule has 1 atom stereocenters. The van der Waals surface area contributed by atoms with Crippen molar-refractivity contribution in [2.75, 3.05) is 17.1 Å². The predicted molar refractivity (Wildman–Crippen MR) is 145 cm³/mol. The van der Waals surface area contributed by atoms with Crippen molar-refractivity contribution in [2.24, 2.45) is 0 Å². The highest BCUT2D eigenvalue weighted by Gasteiger charge is 2.33. The topological polar surface area (TPSA) is 86.8 Å². The lowest BCUT2D eigenvalue weighted by molar-refractivity contribution is -0.140. The van der Waals surface area contributed by atoms with Gasteiger partial charge >= 0.3 is 0 Å². The molecule has 0 unspecified atom stereocenters. The van der Waals surface area contributed by atoms with Gasteiger partial charge in [0.1, 0.15) is 12.6 Å². The van der Waals surface area contributed by atoms with Gasteiger partial charge in [0.05, 0.1) is 11.9 Å². The summed E-state index contributed by atoms with van der Waals surface area (Å²) in [5.74, 6) is -0.712. The molecule has 0 saturated heterocycles.